The van der Waals surface area contributed by atoms with Crippen LogP contribution in [-0.2, 0) is 19.0 Å². The highest BCUT2D eigenvalue weighted by Gasteiger charge is 2.33. The number of piperidine rings is 1. The molecule has 8 heteroatoms. The van der Waals surface area contributed by atoms with E-state index >= 15 is 0 Å². The van der Waals surface area contributed by atoms with Crippen molar-refractivity contribution in [3.8, 4) is 17.0 Å². The summed E-state index contributed by atoms with van der Waals surface area (Å²) in [6, 6.07) is 4.12. The van der Waals surface area contributed by atoms with Gasteiger partial charge >= 0.3 is 6.18 Å². The lowest BCUT2D eigenvalue weighted by atomic mass is 9.89. The van der Waals surface area contributed by atoms with Crippen LogP contribution in [0.4, 0.5) is 19.0 Å². The third-order valence-electron chi connectivity index (χ3n) is 5.43. The Morgan fingerprint density at radius 3 is 2.54 bits per heavy atom. The predicted molar refractivity (Wildman–Crippen MR) is 100 cm³/mol. The molecular formula is C20H23F3N4O. The number of fused-ring (bicyclic) bond motifs is 3. The smallest absolute Gasteiger partial charge is 0.416 e. The van der Waals surface area contributed by atoms with Crippen LogP contribution in [0.2, 0.25) is 0 Å². The van der Waals surface area contributed by atoms with Crippen molar-refractivity contribution < 1.29 is 18.3 Å². The van der Waals surface area contributed by atoms with Crippen LogP contribution in [0.1, 0.15) is 42.4 Å². The molecule has 150 valence electrons. The standard InChI is InChI=1S/C20H23F3N4O/c21-20(22,23)14-8-12-4-1-2-5-13-9-17(25-15-6-3-7-24-11-15)26-27-19(13)18(12)16(28)10-14/h8-10,15,24,28H,1-7,11H2,(H,25,26)/t15-/m1/s1. The van der Waals surface area contributed by atoms with Crippen molar-refractivity contribution in [3.63, 3.8) is 0 Å². The van der Waals surface area contributed by atoms with Crippen LogP contribution in [0.5, 0.6) is 5.75 Å². The molecule has 5 nitrogen and oxygen atoms in total. The predicted octanol–water partition coefficient (Wildman–Crippen LogP) is 3.91. The fourth-order valence-corrected chi connectivity index (χ4v) is 4.04. The van der Waals surface area contributed by atoms with Crippen LogP contribution in [0.25, 0.3) is 11.3 Å². The lowest BCUT2D eigenvalue weighted by Gasteiger charge is -2.25. The Morgan fingerprint density at radius 1 is 1.04 bits per heavy atom. The number of aromatic nitrogens is 2. The number of nitrogens with one attached hydrogen (secondary N) is 2. The van der Waals surface area contributed by atoms with Gasteiger partial charge in [-0.15, -0.1) is 10.2 Å². The molecular weight excluding hydrogens is 369 g/mol. The zero-order chi connectivity index (χ0) is 19.7. The van der Waals surface area contributed by atoms with Gasteiger partial charge in [-0.1, -0.05) is 0 Å². The van der Waals surface area contributed by atoms with Gasteiger partial charge in [0.05, 0.1) is 5.56 Å². The Morgan fingerprint density at radius 2 is 1.82 bits per heavy atom. The zero-order valence-corrected chi connectivity index (χ0v) is 15.4. The van der Waals surface area contributed by atoms with Crippen molar-refractivity contribution in [2.45, 2.75) is 50.7 Å². The first-order chi connectivity index (χ1) is 13.4. The van der Waals surface area contributed by atoms with Crippen LogP contribution in [-0.4, -0.2) is 34.4 Å². The number of anilines is 1. The molecule has 0 unspecified atom stereocenters. The number of rotatable bonds is 2. The molecule has 1 aromatic heterocycles. The first-order valence-corrected chi connectivity index (χ1v) is 9.69. The van der Waals surface area contributed by atoms with Gasteiger partial charge in [0.15, 0.2) is 0 Å². The maximum Gasteiger partial charge on any atom is 0.416 e. The lowest BCUT2D eigenvalue weighted by molar-refractivity contribution is -0.137. The minimum Gasteiger partial charge on any atom is -0.507 e. The van der Waals surface area contributed by atoms with Crippen molar-refractivity contribution in [2.24, 2.45) is 0 Å². The SMILES string of the molecule is Oc1cc(C(F)(F)F)cc2c1-c1nnc(N[C@@H]3CCCNC3)cc1CCCC2. The number of aromatic hydroxyl groups is 1. The Labute approximate surface area is 161 Å². The molecule has 0 saturated carbocycles. The highest BCUT2D eigenvalue weighted by atomic mass is 19.4. The van der Waals surface area contributed by atoms with E-state index in [2.05, 4.69) is 20.8 Å². The van der Waals surface area contributed by atoms with E-state index in [0.717, 1.165) is 62.9 Å². The van der Waals surface area contributed by atoms with E-state index in [4.69, 9.17) is 0 Å². The largest absolute Gasteiger partial charge is 0.507 e. The molecule has 0 bridgehead atoms. The van der Waals surface area contributed by atoms with Crippen LogP contribution in [0.15, 0.2) is 18.2 Å². The molecule has 2 heterocycles. The van der Waals surface area contributed by atoms with Crippen molar-refractivity contribution in [2.75, 3.05) is 18.4 Å². The van der Waals surface area contributed by atoms with Crippen LogP contribution >= 0.6 is 0 Å². The molecule has 2 aromatic rings. The Bertz CT molecular complexity index is 863. The number of aryl methyl sites for hydroxylation is 2. The molecule has 1 aliphatic heterocycles. The minimum atomic E-state index is -4.49. The highest BCUT2D eigenvalue weighted by Crippen LogP contribution is 2.41. The molecule has 0 radical (unpaired) electrons. The third-order valence-corrected chi connectivity index (χ3v) is 5.43. The minimum absolute atomic E-state index is 0.282. The summed E-state index contributed by atoms with van der Waals surface area (Å²) >= 11 is 0. The lowest BCUT2D eigenvalue weighted by Crippen LogP contribution is -2.38. The quantitative estimate of drug-likeness (QED) is 0.723. The summed E-state index contributed by atoms with van der Waals surface area (Å²) in [6.07, 6.45) is 0.480. The van der Waals surface area contributed by atoms with Gasteiger partial charge < -0.3 is 15.7 Å². The first-order valence-electron chi connectivity index (χ1n) is 9.69. The van der Waals surface area contributed by atoms with E-state index in [9.17, 15) is 18.3 Å². The monoisotopic (exact) mass is 392 g/mol. The van der Waals surface area contributed by atoms with E-state index in [1.807, 2.05) is 6.07 Å². The maximum absolute atomic E-state index is 13.1. The maximum atomic E-state index is 13.1. The first kappa shape index (κ1) is 19.0. The van der Waals surface area contributed by atoms with Crippen LogP contribution < -0.4 is 10.6 Å². The summed E-state index contributed by atoms with van der Waals surface area (Å²) in [5, 5.41) is 25.7. The van der Waals surface area contributed by atoms with E-state index in [-0.39, 0.29) is 11.8 Å². The van der Waals surface area contributed by atoms with Gasteiger partial charge in [-0.05, 0) is 74.4 Å². The van der Waals surface area contributed by atoms with E-state index in [0.29, 0.717) is 29.1 Å². The van der Waals surface area contributed by atoms with Crippen molar-refractivity contribution in [1.82, 2.24) is 15.5 Å². The van der Waals surface area contributed by atoms with Gasteiger partial charge in [-0.2, -0.15) is 13.2 Å². The topological polar surface area (TPSA) is 70.1 Å². The molecule has 1 saturated heterocycles. The Balaban J connectivity index is 1.71. The third kappa shape index (κ3) is 3.92. The number of phenolic OH excluding ortho intramolecular Hbond substituents is 1. The Hall–Kier alpha value is -2.35. The fraction of sp³-hybridized carbons (Fsp3) is 0.500. The second-order valence-corrected chi connectivity index (χ2v) is 7.53. The number of nitrogens with zero attached hydrogens (tertiary/aromatic N) is 2. The number of benzene rings is 1. The Kier molecular flexibility index (Phi) is 5.14. The molecule has 28 heavy (non-hydrogen) atoms. The van der Waals surface area contributed by atoms with Gasteiger partial charge in [0.2, 0.25) is 0 Å². The summed E-state index contributed by atoms with van der Waals surface area (Å²) in [5.41, 5.74) is 1.40. The van der Waals surface area contributed by atoms with Gasteiger partial charge in [0, 0.05) is 18.2 Å². The highest BCUT2D eigenvalue weighted by molar-refractivity contribution is 5.75. The van der Waals surface area contributed by atoms with Crippen LogP contribution in [0, 0.1) is 0 Å². The second-order valence-electron chi connectivity index (χ2n) is 7.53. The number of hydrogen-bond acceptors (Lipinski definition) is 5. The van der Waals surface area contributed by atoms with Crippen molar-refractivity contribution in [3.05, 3.63) is 34.9 Å². The molecule has 3 N–H and O–H groups in total. The van der Waals surface area contributed by atoms with Gasteiger partial charge in [0.1, 0.15) is 17.3 Å². The van der Waals surface area contributed by atoms with Crippen LogP contribution in [0.3, 0.4) is 0 Å². The molecule has 4 rings (SSSR count). The molecule has 0 spiro atoms. The fourth-order valence-electron chi connectivity index (χ4n) is 4.04. The van der Waals surface area contributed by atoms with E-state index in [1.54, 1.807) is 0 Å². The molecule has 0 amide bonds. The summed E-state index contributed by atoms with van der Waals surface area (Å²) in [4.78, 5) is 0. The summed E-state index contributed by atoms with van der Waals surface area (Å²) in [7, 11) is 0. The number of hydrogen-bond donors (Lipinski definition) is 3. The summed E-state index contributed by atoms with van der Waals surface area (Å²) < 4.78 is 39.4. The average Bonchev–Trinajstić information content (AvgIpc) is 2.64. The second kappa shape index (κ2) is 7.58. The molecule has 2 aliphatic rings. The van der Waals surface area contributed by atoms with E-state index in [1.165, 1.54) is 0 Å². The molecule has 1 aliphatic carbocycles. The number of alkyl halides is 3. The van der Waals surface area contributed by atoms with Gasteiger partial charge in [0.25, 0.3) is 0 Å². The zero-order valence-electron chi connectivity index (χ0n) is 15.4. The molecule has 1 aromatic carbocycles. The van der Waals surface area contributed by atoms with Crippen molar-refractivity contribution >= 4 is 5.82 Å². The normalized spacial score (nSPS) is 19.9. The van der Waals surface area contributed by atoms with Gasteiger partial charge in [-0.3, -0.25) is 0 Å². The summed E-state index contributed by atoms with van der Waals surface area (Å²) in [5.74, 6) is 0.278. The number of halogens is 3. The van der Waals surface area contributed by atoms with Crippen molar-refractivity contribution in [1.29, 1.82) is 0 Å². The summed E-state index contributed by atoms with van der Waals surface area (Å²) in [6.45, 7) is 1.88. The van der Waals surface area contributed by atoms with E-state index < -0.39 is 11.7 Å². The average molecular weight is 392 g/mol. The molecule has 1 atom stereocenters. The number of phenols is 1. The van der Waals surface area contributed by atoms with Gasteiger partial charge in [-0.25, -0.2) is 0 Å². The molecule has 1 fully saturated rings.